The molecule has 5 heteroatoms. The zero-order valence-electron chi connectivity index (χ0n) is 11.6. The minimum absolute atomic E-state index is 0.0446. The van der Waals surface area contributed by atoms with Gasteiger partial charge in [0.25, 0.3) is 5.91 Å². The molecule has 2 heterocycles. The van der Waals surface area contributed by atoms with Gasteiger partial charge in [0.1, 0.15) is 9.71 Å². The molecule has 20 heavy (non-hydrogen) atoms. The fraction of sp³-hybridized carbons (Fsp3) is 0.467. The number of aryl methyl sites for hydroxylation is 1. The second kappa shape index (κ2) is 5.40. The van der Waals surface area contributed by atoms with Crippen LogP contribution in [0.1, 0.15) is 47.3 Å². The number of nitrogen functional groups attached to an aromatic ring is 1. The summed E-state index contributed by atoms with van der Waals surface area (Å²) in [7, 11) is 0. The van der Waals surface area contributed by atoms with Gasteiger partial charge in [-0.25, -0.2) is 4.98 Å². The number of carbonyl (C=O) groups is 1. The summed E-state index contributed by atoms with van der Waals surface area (Å²) in [5.41, 5.74) is 7.80. The lowest BCUT2D eigenvalue weighted by Crippen LogP contribution is -2.36. The third-order valence-corrected chi connectivity index (χ3v) is 5.10. The van der Waals surface area contributed by atoms with Crippen molar-refractivity contribution in [2.45, 2.75) is 45.1 Å². The van der Waals surface area contributed by atoms with Crippen LogP contribution in [0.15, 0.2) is 12.3 Å². The molecule has 2 aromatic rings. The first-order chi connectivity index (χ1) is 9.66. The van der Waals surface area contributed by atoms with Gasteiger partial charge in [0.2, 0.25) is 0 Å². The van der Waals surface area contributed by atoms with Crippen LogP contribution in [0.5, 0.6) is 0 Å². The average molecular weight is 289 g/mol. The van der Waals surface area contributed by atoms with Crippen LogP contribution < -0.4 is 11.1 Å². The van der Waals surface area contributed by atoms with Crippen LogP contribution in [-0.4, -0.2) is 16.9 Å². The van der Waals surface area contributed by atoms with Gasteiger partial charge in [0.05, 0.1) is 5.69 Å². The first kappa shape index (κ1) is 13.4. The molecule has 0 aliphatic heterocycles. The van der Waals surface area contributed by atoms with Crippen LogP contribution in [0.4, 0.5) is 5.69 Å². The highest BCUT2D eigenvalue weighted by Crippen LogP contribution is 2.34. The quantitative estimate of drug-likeness (QED) is 0.891. The average Bonchev–Trinajstić information content (AvgIpc) is 2.79. The highest BCUT2D eigenvalue weighted by atomic mass is 32.1. The van der Waals surface area contributed by atoms with E-state index in [9.17, 15) is 4.79 Å². The molecule has 106 valence electrons. The van der Waals surface area contributed by atoms with Crippen LogP contribution in [-0.2, 0) is 0 Å². The van der Waals surface area contributed by atoms with Crippen LogP contribution in [0.25, 0.3) is 10.2 Å². The van der Waals surface area contributed by atoms with Crippen LogP contribution >= 0.6 is 11.3 Å². The molecule has 2 aromatic heterocycles. The Bertz CT molecular complexity index is 644. The number of thiophene rings is 1. The Morgan fingerprint density at radius 1 is 1.40 bits per heavy atom. The van der Waals surface area contributed by atoms with Gasteiger partial charge in [0.15, 0.2) is 0 Å². The summed E-state index contributed by atoms with van der Waals surface area (Å²) in [5, 5.41) is 4.04. The van der Waals surface area contributed by atoms with E-state index in [0.29, 0.717) is 16.6 Å². The Morgan fingerprint density at radius 2 is 2.15 bits per heavy atom. The van der Waals surface area contributed by atoms with Crippen molar-refractivity contribution < 1.29 is 4.79 Å². The Balaban J connectivity index is 1.87. The molecule has 1 fully saturated rings. The number of hydrogen-bond acceptors (Lipinski definition) is 4. The number of amides is 1. The summed E-state index contributed by atoms with van der Waals surface area (Å²) in [5.74, 6) is -0.0446. The van der Waals surface area contributed by atoms with E-state index in [4.69, 9.17) is 5.73 Å². The second-order valence-corrected chi connectivity index (χ2v) is 6.46. The number of aromatic nitrogens is 1. The Kier molecular flexibility index (Phi) is 3.61. The molecule has 1 aliphatic rings. The number of pyridine rings is 1. The van der Waals surface area contributed by atoms with Crippen molar-refractivity contribution in [1.82, 2.24) is 10.3 Å². The summed E-state index contributed by atoms with van der Waals surface area (Å²) in [6.45, 7) is 2.00. The molecule has 0 atom stereocenters. The van der Waals surface area contributed by atoms with Crippen LogP contribution in [0.2, 0.25) is 0 Å². The standard InChI is InChI=1S/C15H19N3OS/c1-9-7-8-17-15-11(9)12(16)13(20-15)14(19)18-10-5-3-2-4-6-10/h7-8,10H,2-6,16H2,1H3,(H,18,19). The molecule has 1 amide bonds. The molecular weight excluding hydrogens is 270 g/mol. The number of fused-ring (bicyclic) bond motifs is 1. The predicted molar refractivity (Wildman–Crippen MR) is 83.1 cm³/mol. The molecule has 3 N–H and O–H groups in total. The highest BCUT2D eigenvalue weighted by molar-refractivity contribution is 7.21. The molecular formula is C15H19N3OS. The van der Waals surface area contributed by atoms with E-state index in [2.05, 4.69) is 10.3 Å². The number of nitrogens with one attached hydrogen (secondary N) is 1. The van der Waals surface area contributed by atoms with Gasteiger partial charge < -0.3 is 11.1 Å². The topological polar surface area (TPSA) is 68.0 Å². The first-order valence-corrected chi connectivity index (χ1v) is 7.93. The van der Waals surface area contributed by atoms with Crippen molar-refractivity contribution >= 4 is 33.1 Å². The van der Waals surface area contributed by atoms with Crippen LogP contribution in [0, 0.1) is 6.92 Å². The predicted octanol–water partition coefficient (Wildman–Crippen LogP) is 3.25. The number of nitrogens with zero attached hydrogens (tertiary/aromatic N) is 1. The molecule has 0 radical (unpaired) electrons. The molecule has 0 saturated heterocycles. The van der Waals surface area contributed by atoms with Gasteiger partial charge in [0, 0.05) is 17.6 Å². The molecule has 3 rings (SSSR count). The van der Waals surface area contributed by atoms with Gasteiger partial charge in [-0.2, -0.15) is 0 Å². The SMILES string of the molecule is Cc1ccnc2sc(C(=O)NC3CCCCC3)c(N)c12. The monoisotopic (exact) mass is 289 g/mol. The zero-order chi connectivity index (χ0) is 14.1. The number of carbonyl (C=O) groups excluding carboxylic acids is 1. The zero-order valence-corrected chi connectivity index (χ0v) is 12.4. The number of rotatable bonds is 2. The van der Waals surface area contributed by atoms with Gasteiger partial charge in [-0.3, -0.25) is 4.79 Å². The first-order valence-electron chi connectivity index (χ1n) is 7.11. The molecule has 0 aromatic carbocycles. The van der Waals surface area contributed by atoms with E-state index < -0.39 is 0 Å². The fourth-order valence-corrected chi connectivity index (χ4v) is 3.91. The van der Waals surface area contributed by atoms with Crippen molar-refractivity contribution in [2.75, 3.05) is 5.73 Å². The maximum absolute atomic E-state index is 12.4. The molecule has 4 nitrogen and oxygen atoms in total. The smallest absolute Gasteiger partial charge is 0.263 e. The molecule has 0 bridgehead atoms. The van der Waals surface area contributed by atoms with Crippen molar-refractivity contribution in [3.8, 4) is 0 Å². The summed E-state index contributed by atoms with van der Waals surface area (Å²) in [6.07, 6.45) is 7.60. The van der Waals surface area contributed by atoms with Crippen molar-refractivity contribution in [3.63, 3.8) is 0 Å². The Morgan fingerprint density at radius 3 is 2.85 bits per heavy atom. The van der Waals surface area contributed by atoms with E-state index in [1.807, 2.05) is 13.0 Å². The lowest BCUT2D eigenvalue weighted by atomic mass is 9.95. The summed E-state index contributed by atoms with van der Waals surface area (Å²) in [6, 6.07) is 2.23. The molecule has 0 spiro atoms. The highest BCUT2D eigenvalue weighted by Gasteiger charge is 2.21. The second-order valence-electron chi connectivity index (χ2n) is 5.46. The van der Waals surface area contributed by atoms with E-state index in [1.54, 1.807) is 6.20 Å². The molecule has 1 aliphatic carbocycles. The largest absolute Gasteiger partial charge is 0.397 e. The van der Waals surface area contributed by atoms with Crippen LogP contribution in [0.3, 0.4) is 0 Å². The normalized spacial score (nSPS) is 16.4. The van der Waals surface area contributed by atoms with Crippen molar-refractivity contribution in [2.24, 2.45) is 0 Å². The van der Waals surface area contributed by atoms with Gasteiger partial charge in [-0.15, -0.1) is 11.3 Å². The third kappa shape index (κ3) is 2.38. The van der Waals surface area contributed by atoms with E-state index in [0.717, 1.165) is 28.6 Å². The molecule has 0 unspecified atom stereocenters. The number of hydrogen-bond donors (Lipinski definition) is 2. The minimum atomic E-state index is -0.0446. The maximum atomic E-state index is 12.4. The lowest BCUT2D eigenvalue weighted by Gasteiger charge is -2.22. The van der Waals surface area contributed by atoms with Gasteiger partial charge in [-0.05, 0) is 31.4 Å². The van der Waals surface area contributed by atoms with E-state index >= 15 is 0 Å². The van der Waals surface area contributed by atoms with Crippen molar-refractivity contribution in [3.05, 3.63) is 22.7 Å². The third-order valence-electron chi connectivity index (χ3n) is 3.98. The summed E-state index contributed by atoms with van der Waals surface area (Å²) >= 11 is 1.39. The lowest BCUT2D eigenvalue weighted by molar-refractivity contribution is 0.0933. The van der Waals surface area contributed by atoms with E-state index in [1.165, 1.54) is 30.6 Å². The number of nitrogens with two attached hydrogens (primary N) is 1. The van der Waals surface area contributed by atoms with Gasteiger partial charge >= 0.3 is 0 Å². The summed E-state index contributed by atoms with van der Waals surface area (Å²) in [4.78, 5) is 18.2. The summed E-state index contributed by atoms with van der Waals surface area (Å²) < 4.78 is 0. The Labute approximate surface area is 122 Å². The number of anilines is 1. The fourth-order valence-electron chi connectivity index (χ4n) is 2.87. The maximum Gasteiger partial charge on any atom is 0.263 e. The van der Waals surface area contributed by atoms with Gasteiger partial charge in [-0.1, -0.05) is 19.3 Å². The molecule has 1 saturated carbocycles. The Hall–Kier alpha value is -1.62. The van der Waals surface area contributed by atoms with E-state index in [-0.39, 0.29) is 5.91 Å². The minimum Gasteiger partial charge on any atom is -0.397 e. The van der Waals surface area contributed by atoms with Crippen molar-refractivity contribution in [1.29, 1.82) is 0 Å².